The number of carbonyl (C=O) groups excluding carboxylic acids is 1. The van der Waals surface area contributed by atoms with Crippen molar-refractivity contribution in [2.75, 3.05) is 6.26 Å². The molecule has 0 aliphatic carbocycles. The second-order valence-corrected chi connectivity index (χ2v) is 6.48. The highest BCUT2D eigenvalue weighted by Gasteiger charge is 2.09. The summed E-state index contributed by atoms with van der Waals surface area (Å²) in [5.41, 5.74) is 1.52. The smallest absolute Gasteiger partial charge is 0.237 e. The molecule has 6 nitrogen and oxygen atoms in total. The summed E-state index contributed by atoms with van der Waals surface area (Å²) < 4.78 is 29.4. The topological polar surface area (TPSA) is 85.4 Å². The molecule has 7 heteroatoms. The number of pyridine rings is 1. The molecule has 2 rings (SSSR count). The molecule has 1 aromatic heterocycles. The molecule has 22 heavy (non-hydrogen) atoms. The van der Waals surface area contributed by atoms with E-state index < -0.39 is 15.9 Å². The molecular weight excluding hydrogens is 304 g/mol. The molecule has 0 saturated heterocycles. The first-order chi connectivity index (χ1) is 10.4. The largest absolute Gasteiger partial charge is 0.487 e. The minimum absolute atomic E-state index is 0.00636. The molecule has 0 saturated carbocycles. The van der Waals surface area contributed by atoms with Crippen molar-refractivity contribution >= 4 is 15.9 Å². The highest BCUT2D eigenvalue weighted by molar-refractivity contribution is 7.89. The first kappa shape index (κ1) is 16.0. The molecule has 0 bridgehead atoms. The Labute approximate surface area is 129 Å². The van der Waals surface area contributed by atoms with E-state index in [1.54, 1.807) is 30.5 Å². The lowest BCUT2D eigenvalue weighted by Crippen LogP contribution is -2.30. The molecule has 116 valence electrons. The van der Waals surface area contributed by atoms with Crippen LogP contribution in [0.5, 0.6) is 5.75 Å². The van der Waals surface area contributed by atoms with Crippen molar-refractivity contribution in [2.24, 2.45) is 0 Å². The van der Waals surface area contributed by atoms with E-state index in [0.717, 1.165) is 11.9 Å². The van der Waals surface area contributed by atoms with Gasteiger partial charge in [-0.1, -0.05) is 18.2 Å². The van der Waals surface area contributed by atoms with Gasteiger partial charge in [-0.05, 0) is 29.8 Å². The fourth-order valence-corrected chi connectivity index (χ4v) is 2.26. The summed E-state index contributed by atoms with van der Waals surface area (Å²) in [6, 6.07) is 12.5. The molecule has 1 heterocycles. The van der Waals surface area contributed by atoms with Crippen LogP contribution in [0, 0.1) is 0 Å². The third-order valence-electron chi connectivity index (χ3n) is 2.70. The van der Waals surface area contributed by atoms with E-state index in [-0.39, 0.29) is 6.42 Å². The quantitative estimate of drug-likeness (QED) is 0.866. The summed E-state index contributed by atoms with van der Waals surface area (Å²) in [5.74, 6) is 0.0857. The predicted octanol–water partition coefficient (Wildman–Crippen LogP) is 1.28. The predicted molar refractivity (Wildman–Crippen MR) is 81.7 cm³/mol. The molecule has 0 unspecified atom stereocenters. The number of hydrogen-bond acceptors (Lipinski definition) is 5. The van der Waals surface area contributed by atoms with Gasteiger partial charge in [-0.15, -0.1) is 0 Å². The van der Waals surface area contributed by atoms with E-state index in [2.05, 4.69) is 4.98 Å². The van der Waals surface area contributed by atoms with Crippen LogP contribution in [0.1, 0.15) is 11.3 Å². The van der Waals surface area contributed by atoms with E-state index in [1.807, 2.05) is 22.9 Å². The second-order valence-electron chi connectivity index (χ2n) is 4.73. The zero-order valence-corrected chi connectivity index (χ0v) is 12.8. The number of rotatable bonds is 6. The minimum Gasteiger partial charge on any atom is -0.487 e. The first-order valence-corrected chi connectivity index (χ1v) is 8.44. The molecule has 2 aromatic rings. The Kier molecular flexibility index (Phi) is 5.11. The van der Waals surface area contributed by atoms with E-state index in [1.165, 1.54) is 0 Å². The van der Waals surface area contributed by atoms with Crippen LogP contribution in [0.15, 0.2) is 48.7 Å². The Balaban J connectivity index is 1.89. The lowest BCUT2D eigenvalue weighted by atomic mass is 10.1. The standard InChI is InChI=1S/C15H16N2O4S/c1-22(19,20)17-15(18)10-12-5-7-14(8-6-12)21-11-13-4-2-3-9-16-13/h2-9H,10-11H2,1H3,(H,17,18). The van der Waals surface area contributed by atoms with Crippen LogP contribution in [-0.2, 0) is 27.8 Å². The van der Waals surface area contributed by atoms with Crippen LogP contribution in [-0.4, -0.2) is 25.6 Å². The highest BCUT2D eigenvalue weighted by atomic mass is 32.2. The third-order valence-corrected chi connectivity index (χ3v) is 3.30. The number of ether oxygens (including phenoxy) is 1. The first-order valence-electron chi connectivity index (χ1n) is 6.55. The molecule has 1 aromatic carbocycles. The van der Waals surface area contributed by atoms with Gasteiger partial charge >= 0.3 is 0 Å². The summed E-state index contributed by atoms with van der Waals surface area (Å²) in [4.78, 5) is 15.6. The fourth-order valence-electron chi connectivity index (χ4n) is 1.77. The Morgan fingerprint density at radius 3 is 2.50 bits per heavy atom. The van der Waals surface area contributed by atoms with Gasteiger partial charge in [0.2, 0.25) is 15.9 Å². The molecule has 0 radical (unpaired) electrons. The van der Waals surface area contributed by atoms with Gasteiger partial charge in [-0.3, -0.25) is 14.5 Å². The van der Waals surface area contributed by atoms with E-state index in [4.69, 9.17) is 4.74 Å². The maximum atomic E-state index is 11.5. The number of carbonyl (C=O) groups is 1. The lowest BCUT2D eigenvalue weighted by Gasteiger charge is -2.07. The Bertz CT molecular complexity index is 728. The van der Waals surface area contributed by atoms with Gasteiger partial charge in [0.15, 0.2) is 0 Å². The summed E-state index contributed by atoms with van der Waals surface area (Å²) >= 11 is 0. The van der Waals surface area contributed by atoms with Crippen molar-refractivity contribution in [1.29, 1.82) is 0 Å². The van der Waals surface area contributed by atoms with Crippen molar-refractivity contribution in [3.05, 3.63) is 59.9 Å². The Morgan fingerprint density at radius 1 is 1.18 bits per heavy atom. The van der Waals surface area contributed by atoms with Gasteiger partial charge in [-0.2, -0.15) is 0 Å². The highest BCUT2D eigenvalue weighted by Crippen LogP contribution is 2.14. The summed E-state index contributed by atoms with van der Waals surface area (Å²) in [5, 5.41) is 0. The van der Waals surface area contributed by atoms with Crippen LogP contribution >= 0.6 is 0 Å². The molecule has 0 spiro atoms. The third kappa shape index (κ3) is 5.53. The Morgan fingerprint density at radius 2 is 1.91 bits per heavy atom. The van der Waals surface area contributed by atoms with Crippen LogP contribution in [0.2, 0.25) is 0 Å². The number of nitrogens with one attached hydrogen (secondary N) is 1. The SMILES string of the molecule is CS(=O)(=O)NC(=O)Cc1ccc(OCc2ccccn2)cc1. The maximum Gasteiger partial charge on any atom is 0.237 e. The molecule has 0 atom stereocenters. The second kappa shape index (κ2) is 7.04. The van der Waals surface area contributed by atoms with Crippen molar-refractivity contribution in [2.45, 2.75) is 13.0 Å². The summed E-state index contributed by atoms with van der Waals surface area (Å²) in [6.07, 6.45) is 2.63. The van der Waals surface area contributed by atoms with Crippen molar-refractivity contribution in [3.63, 3.8) is 0 Å². The lowest BCUT2D eigenvalue weighted by molar-refractivity contribution is -0.118. The zero-order chi connectivity index (χ0) is 16.0. The average Bonchev–Trinajstić information content (AvgIpc) is 2.45. The monoisotopic (exact) mass is 320 g/mol. The number of nitrogens with zero attached hydrogens (tertiary/aromatic N) is 1. The normalized spacial score (nSPS) is 11.0. The summed E-state index contributed by atoms with van der Waals surface area (Å²) in [6.45, 7) is 0.356. The maximum absolute atomic E-state index is 11.5. The van der Waals surface area contributed by atoms with Crippen molar-refractivity contribution in [3.8, 4) is 5.75 Å². The zero-order valence-electron chi connectivity index (χ0n) is 12.0. The van der Waals surface area contributed by atoms with Crippen molar-refractivity contribution < 1.29 is 17.9 Å². The van der Waals surface area contributed by atoms with Gasteiger partial charge < -0.3 is 4.74 Å². The van der Waals surface area contributed by atoms with E-state index in [9.17, 15) is 13.2 Å². The van der Waals surface area contributed by atoms with Gasteiger partial charge in [0.1, 0.15) is 12.4 Å². The summed E-state index contributed by atoms with van der Waals surface area (Å²) in [7, 11) is -3.52. The molecule has 1 amide bonds. The van der Waals surface area contributed by atoms with Crippen LogP contribution in [0.3, 0.4) is 0 Å². The fraction of sp³-hybridized carbons (Fsp3) is 0.200. The van der Waals surface area contributed by atoms with Crippen LogP contribution in [0.25, 0.3) is 0 Å². The van der Waals surface area contributed by atoms with E-state index >= 15 is 0 Å². The molecular formula is C15H16N2O4S. The number of amides is 1. The van der Waals surface area contributed by atoms with Crippen LogP contribution < -0.4 is 9.46 Å². The minimum atomic E-state index is -3.52. The van der Waals surface area contributed by atoms with E-state index in [0.29, 0.717) is 17.9 Å². The molecule has 0 aliphatic heterocycles. The van der Waals surface area contributed by atoms with Gasteiger partial charge in [0.05, 0.1) is 18.4 Å². The number of aromatic nitrogens is 1. The van der Waals surface area contributed by atoms with Gasteiger partial charge in [0, 0.05) is 6.20 Å². The molecule has 1 N–H and O–H groups in total. The number of hydrogen-bond donors (Lipinski definition) is 1. The van der Waals surface area contributed by atoms with Crippen molar-refractivity contribution in [1.82, 2.24) is 9.71 Å². The Hall–Kier alpha value is -2.41. The number of sulfonamides is 1. The van der Waals surface area contributed by atoms with Gasteiger partial charge in [-0.25, -0.2) is 8.42 Å². The molecule has 0 aliphatic rings. The number of benzene rings is 1. The van der Waals surface area contributed by atoms with Gasteiger partial charge in [0.25, 0.3) is 0 Å². The average molecular weight is 320 g/mol. The van der Waals surface area contributed by atoms with Crippen LogP contribution in [0.4, 0.5) is 0 Å². The molecule has 0 fully saturated rings.